The van der Waals surface area contributed by atoms with Crippen molar-refractivity contribution in [3.8, 4) is 0 Å². The minimum absolute atomic E-state index is 0. The van der Waals surface area contributed by atoms with Crippen molar-refractivity contribution in [1.82, 2.24) is 5.32 Å². The second kappa shape index (κ2) is 6.76. The number of hydrogen-bond donors (Lipinski definition) is 1. The van der Waals surface area contributed by atoms with Crippen molar-refractivity contribution in [3.05, 3.63) is 35.4 Å². The van der Waals surface area contributed by atoms with Gasteiger partial charge in [-0.15, -0.1) is 12.4 Å². The van der Waals surface area contributed by atoms with E-state index in [9.17, 15) is 4.79 Å². The normalized spacial score (nSPS) is 20.0. The van der Waals surface area contributed by atoms with Crippen LogP contribution < -0.4 is 5.32 Å². The number of carbonyl (C=O) groups excluding carboxylic acids is 1. The van der Waals surface area contributed by atoms with E-state index in [-0.39, 0.29) is 30.3 Å². The Morgan fingerprint density at radius 2 is 2.06 bits per heavy atom. The molecule has 0 spiro atoms. The van der Waals surface area contributed by atoms with Crippen molar-refractivity contribution in [2.75, 3.05) is 13.7 Å². The third kappa shape index (κ3) is 3.24. The predicted molar refractivity (Wildman–Crippen MR) is 74.2 cm³/mol. The van der Waals surface area contributed by atoms with Crippen molar-refractivity contribution in [1.29, 1.82) is 0 Å². The standard InChI is InChI=1S/C14H19NO2.ClH/c1-10-5-7-11(8-6-10)13(14(16)17-2)12-4-3-9-15-12;/h5-8,12-13,15H,3-4,9H2,1-2H3;1H/t12-,13-;/m1./s1. The maximum Gasteiger partial charge on any atom is 0.314 e. The SMILES string of the molecule is COC(=O)[C@H](c1ccc(C)cc1)[C@H]1CCCN1.Cl. The third-order valence-electron chi connectivity index (χ3n) is 3.39. The highest BCUT2D eigenvalue weighted by Crippen LogP contribution is 2.26. The number of ether oxygens (including phenoxy) is 1. The van der Waals surface area contributed by atoms with Gasteiger partial charge in [-0.25, -0.2) is 0 Å². The van der Waals surface area contributed by atoms with Gasteiger partial charge in [0.25, 0.3) is 0 Å². The Bertz CT molecular complexity index is 385. The summed E-state index contributed by atoms with van der Waals surface area (Å²) in [5.74, 6) is -0.323. The molecule has 1 aromatic carbocycles. The molecule has 3 nitrogen and oxygen atoms in total. The van der Waals surface area contributed by atoms with Crippen molar-refractivity contribution >= 4 is 18.4 Å². The maximum absolute atomic E-state index is 11.9. The van der Waals surface area contributed by atoms with Crippen LogP contribution in [0.1, 0.15) is 29.9 Å². The summed E-state index contributed by atoms with van der Waals surface area (Å²) in [6, 6.07) is 8.35. The lowest BCUT2D eigenvalue weighted by Gasteiger charge is -2.21. The highest BCUT2D eigenvalue weighted by molar-refractivity contribution is 5.85. The molecule has 4 heteroatoms. The lowest BCUT2D eigenvalue weighted by Crippen LogP contribution is -2.34. The van der Waals surface area contributed by atoms with Crippen LogP contribution >= 0.6 is 12.4 Å². The van der Waals surface area contributed by atoms with Crippen LogP contribution in [0.3, 0.4) is 0 Å². The van der Waals surface area contributed by atoms with Crippen LogP contribution in [-0.2, 0) is 9.53 Å². The van der Waals surface area contributed by atoms with Crippen LogP contribution in [-0.4, -0.2) is 25.7 Å². The van der Waals surface area contributed by atoms with E-state index in [2.05, 4.69) is 5.32 Å². The average Bonchev–Trinajstić information content (AvgIpc) is 2.85. The van der Waals surface area contributed by atoms with Gasteiger partial charge >= 0.3 is 5.97 Å². The molecular weight excluding hydrogens is 250 g/mol. The summed E-state index contributed by atoms with van der Waals surface area (Å²) in [4.78, 5) is 11.9. The van der Waals surface area contributed by atoms with Gasteiger partial charge in [0.05, 0.1) is 13.0 Å². The average molecular weight is 270 g/mol. The van der Waals surface area contributed by atoms with E-state index in [0.717, 1.165) is 24.9 Å². The molecule has 0 aliphatic carbocycles. The molecule has 2 rings (SSSR count). The molecule has 1 aliphatic heterocycles. The molecule has 2 atom stereocenters. The quantitative estimate of drug-likeness (QED) is 0.857. The lowest BCUT2D eigenvalue weighted by atomic mass is 9.90. The molecule has 1 aromatic rings. The van der Waals surface area contributed by atoms with Gasteiger partial charge in [0.15, 0.2) is 0 Å². The molecule has 0 bridgehead atoms. The number of carbonyl (C=O) groups is 1. The minimum atomic E-state index is -0.178. The summed E-state index contributed by atoms with van der Waals surface area (Å²) in [5.41, 5.74) is 2.25. The number of aryl methyl sites for hydroxylation is 1. The molecule has 1 saturated heterocycles. The molecule has 1 N–H and O–H groups in total. The van der Waals surface area contributed by atoms with Gasteiger partial charge in [0.1, 0.15) is 0 Å². The minimum Gasteiger partial charge on any atom is -0.469 e. The highest BCUT2D eigenvalue weighted by atomic mass is 35.5. The zero-order chi connectivity index (χ0) is 12.3. The second-order valence-electron chi connectivity index (χ2n) is 4.61. The molecule has 0 amide bonds. The van der Waals surface area contributed by atoms with E-state index in [1.807, 2.05) is 31.2 Å². The highest BCUT2D eigenvalue weighted by Gasteiger charge is 2.32. The summed E-state index contributed by atoms with van der Waals surface area (Å²) >= 11 is 0. The van der Waals surface area contributed by atoms with Crippen molar-refractivity contribution < 1.29 is 9.53 Å². The van der Waals surface area contributed by atoms with Gasteiger partial charge in [-0.05, 0) is 31.9 Å². The number of hydrogen-bond acceptors (Lipinski definition) is 3. The Kier molecular flexibility index (Phi) is 5.63. The first kappa shape index (κ1) is 15.0. The molecule has 0 radical (unpaired) electrons. The third-order valence-corrected chi connectivity index (χ3v) is 3.39. The van der Waals surface area contributed by atoms with E-state index in [0.29, 0.717) is 0 Å². The van der Waals surface area contributed by atoms with E-state index >= 15 is 0 Å². The van der Waals surface area contributed by atoms with Crippen molar-refractivity contribution in [2.24, 2.45) is 0 Å². The molecule has 0 saturated carbocycles. The smallest absolute Gasteiger partial charge is 0.314 e. The first-order valence-electron chi connectivity index (χ1n) is 6.10. The fourth-order valence-corrected chi connectivity index (χ4v) is 2.43. The summed E-state index contributed by atoms with van der Waals surface area (Å²) in [6.45, 7) is 3.04. The summed E-state index contributed by atoms with van der Waals surface area (Å²) in [6.07, 6.45) is 2.16. The number of benzene rings is 1. The maximum atomic E-state index is 11.9. The molecule has 0 unspecified atom stereocenters. The predicted octanol–water partition coefficient (Wildman–Crippen LogP) is 2.43. The van der Waals surface area contributed by atoms with Gasteiger partial charge < -0.3 is 10.1 Å². The fourth-order valence-electron chi connectivity index (χ4n) is 2.43. The second-order valence-corrected chi connectivity index (χ2v) is 4.61. The lowest BCUT2D eigenvalue weighted by molar-refractivity contribution is -0.143. The number of rotatable bonds is 3. The Morgan fingerprint density at radius 1 is 1.39 bits per heavy atom. The Hall–Kier alpha value is -1.06. The fraction of sp³-hybridized carbons (Fsp3) is 0.500. The van der Waals surface area contributed by atoms with Gasteiger partial charge in [-0.2, -0.15) is 0 Å². The van der Waals surface area contributed by atoms with Crippen LogP contribution in [0.4, 0.5) is 0 Å². The van der Waals surface area contributed by atoms with Crippen LogP contribution in [0.15, 0.2) is 24.3 Å². The Balaban J connectivity index is 0.00000162. The van der Waals surface area contributed by atoms with Crippen LogP contribution in [0, 0.1) is 6.92 Å². The largest absolute Gasteiger partial charge is 0.469 e. The number of nitrogens with one attached hydrogen (secondary N) is 1. The molecule has 18 heavy (non-hydrogen) atoms. The zero-order valence-corrected chi connectivity index (χ0v) is 11.6. The van der Waals surface area contributed by atoms with Crippen LogP contribution in [0.25, 0.3) is 0 Å². The van der Waals surface area contributed by atoms with Gasteiger partial charge in [0, 0.05) is 6.04 Å². The number of esters is 1. The Labute approximate surface area is 114 Å². The topological polar surface area (TPSA) is 38.3 Å². The van der Waals surface area contributed by atoms with E-state index in [4.69, 9.17) is 4.74 Å². The van der Waals surface area contributed by atoms with Crippen LogP contribution in [0.2, 0.25) is 0 Å². The summed E-state index contributed by atoms with van der Waals surface area (Å²) in [7, 11) is 1.46. The van der Waals surface area contributed by atoms with Gasteiger partial charge in [-0.1, -0.05) is 29.8 Å². The zero-order valence-electron chi connectivity index (χ0n) is 10.8. The monoisotopic (exact) mass is 269 g/mol. The van der Waals surface area contributed by atoms with E-state index < -0.39 is 0 Å². The molecular formula is C14H20ClNO2. The van der Waals surface area contributed by atoms with Gasteiger partial charge in [0.2, 0.25) is 0 Å². The molecule has 1 fully saturated rings. The Morgan fingerprint density at radius 3 is 2.56 bits per heavy atom. The van der Waals surface area contributed by atoms with Crippen molar-refractivity contribution in [3.63, 3.8) is 0 Å². The van der Waals surface area contributed by atoms with Crippen molar-refractivity contribution in [2.45, 2.75) is 31.7 Å². The summed E-state index contributed by atoms with van der Waals surface area (Å²) in [5, 5.41) is 3.38. The first-order valence-corrected chi connectivity index (χ1v) is 6.10. The molecule has 1 heterocycles. The summed E-state index contributed by atoms with van der Waals surface area (Å²) < 4.78 is 4.93. The van der Waals surface area contributed by atoms with Crippen LogP contribution in [0.5, 0.6) is 0 Å². The number of halogens is 1. The molecule has 100 valence electrons. The van der Waals surface area contributed by atoms with Gasteiger partial charge in [-0.3, -0.25) is 4.79 Å². The van der Waals surface area contributed by atoms with E-state index in [1.165, 1.54) is 12.7 Å². The molecule has 0 aromatic heterocycles. The van der Waals surface area contributed by atoms with E-state index in [1.54, 1.807) is 0 Å². The first-order chi connectivity index (χ1) is 8.22. The number of methoxy groups -OCH3 is 1. The molecule has 1 aliphatic rings.